The molecule has 1 aromatic carbocycles. The van der Waals surface area contributed by atoms with Gasteiger partial charge in [-0.05, 0) is 62.8 Å². The molecular weight excluding hydrogens is 314 g/mol. The summed E-state index contributed by atoms with van der Waals surface area (Å²) in [6.45, 7) is 9.52. The number of amides is 2. The number of hydrogen-bond acceptors (Lipinski definition) is 3. The molecule has 1 aliphatic heterocycles. The molecule has 5 nitrogen and oxygen atoms in total. The molecule has 1 saturated heterocycles. The van der Waals surface area contributed by atoms with E-state index in [1.54, 1.807) is 19.1 Å². The van der Waals surface area contributed by atoms with Gasteiger partial charge < -0.3 is 16.0 Å². The Morgan fingerprint density at radius 1 is 1.32 bits per heavy atom. The first-order chi connectivity index (χ1) is 11.7. The van der Waals surface area contributed by atoms with Crippen LogP contribution < -0.4 is 11.1 Å². The van der Waals surface area contributed by atoms with E-state index >= 15 is 0 Å². The van der Waals surface area contributed by atoms with Crippen LogP contribution in [0.2, 0.25) is 0 Å². The number of piperidine rings is 1. The zero-order valence-corrected chi connectivity index (χ0v) is 15.9. The van der Waals surface area contributed by atoms with Crippen molar-refractivity contribution in [2.45, 2.75) is 58.9 Å². The van der Waals surface area contributed by atoms with E-state index in [0.29, 0.717) is 23.6 Å². The summed E-state index contributed by atoms with van der Waals surface area (Å²) < 4.78 is 0. The second-order valence-electron chi connectivity index (χ2n) is 7.63. The lowest BCUT2D eigenvalue weighted by Crippen LogP contribution is -2.48. The average molecular weight is 345 g/mol. The molecule has 0 aliphatic carbocycles. The molecule has 0 bridgehead atoms. The van der Waals surface area contributed by atoms with Crippen LogP contribution in [0.25, 0.3) is 0 Å². The van der Waals surface area contributed by atoms with Crippen molar-refractivity contribution in [2.24, 2.45) is 11.7 Å². The second-order valence-corrected chi connectivity index (χ2v) is 7.63. The lowest BCUT2D eigenvalue weighted by Gasteiger charge is -2.30. The highest BCUT2D eigenvalue weighted by Crippen LogP contribution is 2.22. The van der Waals surface area contributed by atoms with E-state index in [0.717, 1.165) is 37.9 Å². The summed E-state index contributed by atoms with van der Waals surface area (Å²) in [5.41, 5.74) is 7.45. The van der Waals surface area contributed by atoms with Gasteiger partial charge in [0.05, 0.1) is 5.54 Å². The minimum absolute atomic E-state index is 0.0718. The largest absolute Gasteiger partial charge is 0.339 e. The first kappa shape index (κ1) is 19.4. The fraction of sp³-hybridized carbons (Fsp3) is 0.600. The molecule has 1 unspecified atom stereocenters. The number of rotatable bonds is 5. The Morgan fingerprint density at radius 3 is 2.52 bits per heavy atom. The van der Waals surface area contributed by atoms with E-state index in [4.69, 9.17) is 5.73 Å². The highest BCUT2D eigenvalue weighted by molar-refractivity contribution is 5.99. The molecule has 3 N–H and O–H groups in total. The Hall–Kier alpha value is -1.88. The molecule has 1 heterocycles. The van der Waals surface area contributed by atoms with Gasteiger partial charge in [0.25, 0.3) is 5.91 Å². The van der Waals surface area contributed by atoms with Crippen LogP contribution in [0.5, 0.6) is 0 Å². The Bertz CT molecular complexity index is 632. The number of hydrogen-bond donors (Lipinski definition) is 2. The van der Waals surface area contributed by atoms with Gasteiger partial charge in [0.15, 0.2) is 0 Å². The van der Waals surface area contributed by atoms with Crippen molar-refractivity contribution in [3.05, 3.63) is 29.3 Å². The average Bonchev–Trinajstić information content (AvgIpc) is 2.56. The number of nitrogens with two attached hydrogens (primary N) is 1. The zero-order chi connectivity index (χ0) is 18.6. The van der Waals surface area contributed by atoms with Crippen molar-refractivity contribution in [1.82, 2.24) is 4.90 Å². The molecule has 1 fully saturated rings. The summed E-state index contributed by atoms with van der Waals surface area (Å²) in [4.78, 5) is 26.9. The molecule has 0 aromatic heterocycles. The van der Waals surface area contributed by atoms with Crippen molar-refractivity contribution in [2.75, 3.05) is 18.4 Å². The van der Waals surface area contributed by atoms with Gasteiger partial charge in [0, 0.05) is 24.3 Å². The van der Waals surface area contributed by atoms with Gasteiger partial charge in [-0.25, -0.2) is 0 Å². The first-order valence-electron chi connectivity index (χ1n) is 9.25. The molecule has 25 heavy (non-hydrogen) atoms. The lowest BCUT2D eigenvalue weighted by molar-refractivity contribution is -0.120. The Balaban J connectivity index is 2.07. The van der Waals surface area contributed by atoms with Crippen LogP contribution in [0.15, 0.2) is 18.2 Å². The maximum Gasteiger partial charge on any atom is 0.253 e. The van der Waals surface area contributed by atoms with Crippen LogP contribution in [-0.2, 0) is 4.79 Å². The minimum Gasteiger partial charge on any atom is -0.339 e. The topological polar surface area (TPSA) is 75.4 Å². The fourth-order valence-corrected chi connectivity index (χ4v) is 3.23. The Kier molecular flexibility index (Phi) is 6.22. The zero-order valence-electron chi connectivity index (χ0n) is 15.9. The molecule has 0 saturated carbocycles. The molecule has 2 rings (SSSR count). The Labute approximate surface area is 151 Å². The fourth-order valence-electron chi connectivity index (χ4n) is 3.23. The molecule has 0 spiro atoms. The third kappa shape index (κ3) is 4.82. The molecule has 1 aliphatic rings. The number of nitrogens with one attached hydrogen (secondary N) is 1. The van der Waals surface area contributed by atoms with E-state index in [1.807, 2.05) is 24.8 Å². The van der Waals surface area contributed by atoms with Gasteiger partial charge in [-0.1, -0.05) is 20.3 Å². The molecule has 0 radical (unpaired) electrons. The Morgan fingerprint density at radius 2 is 1.96 bits per heavy atom. The number of carbonyl (C=O) groups excluding carboxylic acids is 2. The van der Waals surface area contributed by atoms with Gasteiger partial charge >= 0.3 is 0 Å². The number of carbonyl (C=O) groups is 2. The van der Waals surface area contributed by atoms with Crippen LogP contribution in [0, 0.1) is 12.8 Å². The number of benzene rings is 1. The van der Waals surface area contributed by atoms with Crippen molar-refractivity contribution in [3.63, 3.8) is 0 Å². The van der Waals surface area contributed by atoms with Gasteiger partial charge in [-0.2, -0.15) is 0 Å². The molecule has 2 amide bonds. The SMILES string of the molecule is CCCC(C)(N)C(=O)Nc1ccc(C(=O)N2CCC(C)CC2)cc1C. The molecule has 138 valence electrons. The van der Waals surface area contributed by atoms with E-state index in [-0.39, 0.29) is 11.8 Å². The van der Waals surface area contributed by atoms with Crippen molar-refractivity contribution >= 4 is 17.5 Å². The predicted molar refractivity (Wildman–Crippen MR) is 102 cm³/mol. The monoisotopic (exact) mass is 345 g/mol. The summed E-state index contributed by atoms with van der Waals surface area (Å²) in [6, 6.07) is 5.44. The third-order valence-corrected chi connectivity index (χ3v) is 5.08. The summed E-state index contributed by atoms with van der Waals surface area (Å²) in [7, 11) is 0. The predicted octanol–water partition coefficient (Wildman–Crippen LogP) is 3.32. The highest BCUT2D eigenvalue weighted by Gasteiger charge is 2.28. The summed E-state index contributed by atoms with van der Waals surface area (Å²) in [5.74, 6) is 0.570. The maximum atomic E-state index is 12.7. The first-order valence-corrected chi connectivity index (χ1v) is 9.25. The number of anilines is 1. The van der Waals surface area contributed by atoms with Gasteiger partial charge in [-0.15, -0.1) is 0 Å². The normalized spacial score (nSPS) is 17.9. The molecule has 1 atom stereocenters. The highest BCUT2D eigenvalue weighted by atomic mass is 16.2. The smallest absolute Gasteiger partial charge is 0.253 e. The summed E-state index contributed by atoms with van der Waals surface area (Å²) in [5, 5.41) is 2.90. The quantitative estimate of drug-likeness (QED) is 0.859. The standard InChI is InChI=1S/C20H31N3O2/c1-5-10-20(4,21)19(25)22-17-7-6-16(13-15(17)3)18(24)23-11-8-14(2)9-12-23/h6-7,13-14H,5,8-12,21H2,1-4H3,(H,22,25). The van der Waals surface area contributed by atoms with Crippen molar-refractivity contribution < 1.29 is 9.59 Å². The van der Waals surface area contributed by atoms with E-state index in [1.165, 1.54) is 0 Å². The lowest BCUT2D eigenvalue weighted by atomic mass is 9.96. The van der Waals surface area contributed by atoms with Gasteiger partial charge in [0.2, 0.25) is 5.91 Å². The number of aryl methyl sites for hydroxylation is 1. The van der Waals surface area contributed by atoms with Crippen LogP contribution >= 0.6 is 0 Å². The van der Waals surface area contributed by atoms with Crippen LogP contribution in [0.1, 0.15) is 62.4 Å². The summed E-state index contributed by atoms with van der Waals surface area (Å²) in [6.07, 6.45) is 3.60. The number of likely N-dealkylation sites (tertiary alicyclic amines) is 1. The van der Waals surface area contributed by atoms with Gasteiger partial charge in [0.1, 0.15) is 0 Å². The van der Waals surface area contributed by atoms with Crippen LogP contribution in [0.3, 0.4) is 0 Å². The van der Waals surface area contributed by atoms with Crippen LogP contribution in [-0.4, -0.2) is 35.3 Å². The van der Waals surface area contributed by atoms with Crippen molar-refractivity contribution in [1.29, 1.82) is 0 Å². The van der Waals surface area contributed by atoms with Crippen molar-refractivity contribution in [3.8, 4) is 0 Å². The summed E-state index contributed by atoms with van der Waals surface area (Å²) >= 11 is 0. The maximum absolute atomic E-state index is 12.7. The molecular formula is C20H31N3O2. The van der Waals surface area contributed by atoms with Gasteiger partial charge in [-0.3, -0.25) is 9.59 Å². The minimum atomic E-state index is -0.889. The molecule has 1 aromatic rings. The van der Waals surface area contributed by atoms with E-state index in [2.05, 4.69) is 12.2 Å². The van der Waals surface area contributed by atoms with E-state index < -0.39 is 5.54 Å². The third-order valence-electron chi connectivity index (χ3n) is 5.08. The number of nitrogens with zero attached hydrogens (tertiary/aromatic N) is 1. The van der Waals surface area contributed by atoms with E-state index in [9.17, 15) is 9.59 Å². The second kappa shape index (κ2) is 8.00. The molecule has 5 heteroatoms. The van der Waals surface area contributed by atoms with Crippen LogP contribution in [0.4, 0.5) is 5.69 Å².